The van der Waals surface area contributed by atoms with E-state index in [4.69, 9.17) is 0 Å². The average Bonchev–Trinajstić information content (AvgIpc) is 3.27. The quantitative estimate of drug-likeness (QED) is 0.631. The van der Waals surface area contributed by atoms with Gasteiger partial charge in [-0.2, -0.15) is 0 Å². The number of aromatic nitrogens is 1. The third kappa shape index (κ3) is 4.02. The molecule has 1 aliphatic rings. The van der Waals surface area contributed by atoms with Crippen molar-refractivity contribution in [2.24, 2.45) is 0 Å². The largest absolute Gasteiger partial charge is 0.361 e. The molecule has 1 aliphatic heterocycles. The van der Waals surface area contributed by atoms with Gasteiger partial charge in [0.15, 0.2) is 0 Å². The predicted octanol–water partition coefficient (Wildman–Crippen LogP) is 4.05. The van der Waals surface area contributed by atoms with Crippen LogP contribution in [0.15, 0.2) is 59.6 Å². The fourth-order valence-electron chi connectivity index (χ4n) is 4.26. The van der Waals surface area contributed by atoms with Crippen molar-refractivity contribution in [2.75, 3.05) is 25.6 Å². The highest BCUT2D eigenvalue weighted by molar-refractivity contribution is 8.02. The predicted molar refractivity (Wildman–Crippen MR) is 116 cm³/mol. The number of benzene rings is 2. The van der Waals surface area contributed by atoms with Crippen LogP contribution in [0.1, 0.15) is 24.0 Å². The number of aryl methyl sites for hydroxylation is 1. The molecule has 3 nitrogen and oxygen atoms in total. The lowest BCUT2D eigenvalue weighted by molar-refractivity contribution is 0.310. The van der Waals surface area contributed by atoms with Crippen molar-refractivity contribution in [3.05, 3.63) is 65.9 Å². The third-order valence-corrected chi connectivity index (χ3v) is 8.56. The SMILES string of the molecule is CN1CCC[C@@H]1Cc1c[nH]c2ccc(CC[SH](C)(=O)c3ccccc3)cc12. The molecule has 0 saturated carbocycles. The van der Waals surface area contributed by atoms with Gasteiger partial charge in [-0.05, 0) is 80.9 Å². The minimum Gasteiger partial charge on any atom is -0.361 e. The van der Waals surface area contributed by atoms with Crippen LogP contribution in [0.2, 0.25) is 0 Å². The molecule has 0 spiro atoms. The Morgan fingerprint density at radius 1 is 1.19 bits per heavy atom. The molecule has 0 amide bonds. The Balaban J connectivity index is 1.51. The molecular weight excluding hydrogens is 352 g/mol. The van der Waals surface area contributed by atoms with Gasteiger partial charge in [0, 0.05) is 33.8 Å². The maximum absolute atomic E-state index is 13.1. The number of rotatable bonds is 6. The molecule has 144 valence electrons. The van der Waals surface area contributed by atoms with Gasteiger partial charge in [0.1, 0.15) is 0 Å². The van der Waals surface area contributed by atoms with E-state index in [2.05, 4.69) is 41.3 Å². The Kier molecular flexibility index (Phi) is 5.20. The smallest absolute Gasteiger partial charge is 0.0456 e. The highest BCUT2D eigenvalue weighted by Gasteiger charge is 2.22. The normalized spacial score (nSPS) is 19.0. The summed E-state index contributed by atoms with van der Waals surface area (Å²) in [6.45, 7) is 1.21. The van der Waals surface area contributed by atoms with Crippen LogP contribution < -0.4 is 0 Å². The van der Waals surface area contributed by atoms with Crippen LogP contribution in [0.3, 0.4) is 0 Å². The fourth-order valence-corrected chi connectivity index (χ4v) is 6.00. The van der Waals surface area contributed by atoms with Crippen LogP contribution in [0, 0.1) is 0 Å². The number of nitrogens with zero attached hydrogens (tertiary/aromatic N) is 1. The van der Waals surface area contributed by atoms with Crippen LogP contribution in [0.4, 0.5) is 0 Å². The topological polar surface area (TPSA) is 36.1 Å². The van der Waals surface area contributed by atoms with Gasteiger partial charge in [-0.3, -0.25) is 4.21 Å². The molecule has 0 aliphatic carbocycles. The monoisotopic (exact) mass is 382 g/mol. The number of thiol groups is 1. The number of H-pyrrole nitrogens is 1. The summed E-state index contributed by atoms with van der Waals surface area (Å²) >= 11 is 0. The molecule has 0 bridgehead atoms. The molecule has 2 heterocycles. The molecule has 1 aromatic heterocycles. The van der Waals surface area contributed by atoms with Gasteiger partial charge in [0.2, 0.25) is 0 Å². The summed E-state index contributed by atoms with van der Waals surface area (Å²) in [5, 5.41) is 1.33. The van der Waals surface area contributed by atoms with E-state index in [9.17, 15) is 4.21 Å². The lowest BCUT2D eigenvalue weighted by Crippen LogP contribution is -2.26. The van der Waals surface area contributed by atoms with Crippen LogP contribution in [-0.2, 0) is 22.8 Å². The van der Waals surface area contributed by atoms with Crippen molar-refractivity contribution in [3.63, 3.8) is 0 Å². The van der Waals surface area contributed by atoms with E-state index in [1.807, 2.05) is 36.6 Å². The molecule has 1 N–H and O–H groups in total. The zero-order valence-electron chi connectivity index (χ0n) is 16.3. The van der Waals surface area contributed by atoms with Crippen LogP contribution in [0.5, 0.6) is 0 Å². The lowest BCUT2D eigenvalue weighted by atomic mass is 10.0. The molecule has 0 radical (unpaired) electrons. The Labute approximate surface area is 163 Å². The Bertz CT molecular complexity index is 963. The highest BCUT2D eigenvalue weighted by Crippen LogP contribution is 2.26. The summed E-state index contributed by atoms with van der Waals surface area (Å²) in [6.07, 6.45) is 8.65. The van der Waals surface area contributed by atoms with Crippen LogP contribution >= 0.6 is 0 Å². The Hall–Kier alpha value is -1.91. The number of fused-ring (bicyclic) bond motifs is 1. The molecule has 1 fully saturated rings. The first-order chi connectivity index (χ1) is 13.0. The van der Waals surface area contributed by atoms with Gasteiger partial charge < -0.3 is 9.88 Å². The number of nitrogens with one attached hydrogen (secondary N) is 1. The van der Waals surface area contributed by atoms with Gasteiger partial charge in [-0.25, -0.2) is 0 Å². The first-order valence-corrected chi connectivity index (χ1v) is 12.3. The molecule has 2 aromatic carbocycles. The standard InChI is InChI=1S/C23H30N2OS/c1-25-13-6-7-20(25)16-19-17-24-23-11-10-18(15-22(19)23)12-14-27(2,26)21-8-4-3-5-9-21/h3-5,8-11,15,17,20,24,27H,6-7,12-14,16H2,1-2H3/t20-/m1/s1. The molecule has 1 atom stereocenters. The summed E-state index contributed by atoms with van der Waals surface area (Å²) < 4.78 is 13.1. The number of aromatic amines is 1. The van der Waals surface area contributed by atoms with Gasteiger partial charge >= 0.3 is 0 Å². The van der Waals surface area contributed by atoms with E-state index >= 15 is 0 Å². The number of hydrogen-bond donors (Lipinski definition) is 2. The molecule has 4 rings (SSSR count). The summed E-state index contributed by atoms with van der Waals surface area (Å²) in [7, 11) is -0.0782. The molecule has 3 aromatic rings. The molecular formula is C23H30N2OS. The molecule has 0 unspecified atom stereocenters. The van der Waals surface area contributed by atoms with Crippen molar-refractivity contribution < 1.29 is 4.21 Å². The minimum absolute atomic E-state index is 0.654. The van der Waals surface area contributed by atoms with Gasteiger partial charge in [0.25, 0.3) is 0 Å². The second-order valence-corrected chi connectivity index (χ2v) is 11.3. The van der Waals surface area contributed by atoms with Crippen molar-refractivity contribution >= 4 is 20.8 Å². The maximum Gasteiger partial charge on any atom is 0.0456 e. The second kappa shape index (κ2) is 7.61. The van der Waals surface area contributed by atoms with E-state index in [1.165, 1.54) is 41.4 Å². The van der Waals surface area contributed by atoms with Crippen molar-refractivity contribution in [1.82, 2.24) is 9.88 Å². The molecule has 1 saturated heterocycles. The van der Waals surface area contributed by atoms with E-state index < -0.39 is 9.93 Å². The zero-order chi connectivity index (χ0) is 18.9. The first-order valence-electron chi connectivity index (χ1n) is 9.94. The van der Waals surface area contributed by atoms with Crippen LogP contribution in [0.25, 0.3) is 10.9 Å². The number of likely N-dealkylation sites (tertiary alicyclic amines) is 1. The summed E-state index contributed by atoms with van der Waals surface area (Å²) in [6, 6.07) is 17.2. The average molecular weight is 383 g/mol. The van der Waals surface area contributed by atoms with Gasteiger partial charge in [0.05, 0.1) is 0 Å². The third-order valence-electron chi connectivity index (χ3n) is 6.09. The summed E-state index contributed by atoms with van der Waals surface area (Å²) in [5.74, 6) is 0.716. The minimum atomic E-state index is -2.31. The Morgan fingerprint density at radius 2 is 2.00 bits per heavy atom. The first kappa shape index (κ1) is 18.5. The second-order valence-electron chi connectivity index (χ2n) is 8.08. The lowest BCUT2D eigenvalue weighted by Gasteiger charge is -2.19. The Morgan fingerprint density at radius 3 is 2.74 bits per heavy atom. The maximum atomic E-state index is 13.1. The van der Waals surface area contributed by atoms with E-state index in [0.29, 0.717) is 11.8 Å². The zero-order valence-corrected chi connectivity index (χ0v) is 17.2. The van der Waals surface area contributed by atoms with E-state index in [-0.39, 0.29) is 0 Å². The van der Waals surface area contributed by atoms with Crippen molar-refractivity contribution in [2.45, 2.75) is 36.6 Å². The van der Waals surface area contributed by atoms with Crippen LogP contribution in [-0.4, -0.2) is 45.7 Å². The molecule has 27 heavy (non-hydrogen) atoms. The van der Waals surface area contributed by atoms with E-state index in [0.717, 1.165) is 17.7 Å². The van der Waals surface area contributed by atoms with Gasteiger partial charge in [-0.1, -0.05) is 34.2 Å². The fraction of sp³-hybridized carbons (Fsp3) is 0.391. The molecule has 4 heteroatoms. The number of hydrogen-bond acceptors (Lipinski definition) is 2. The summed E-state index contributed by atoms with van der Waals surface area (Å²) in [4.78, 5) is 6.90. The van der Waals surface area contributed by atoms with Crippen molar-refractivity contribution in [3.8, 4) is 0 Å². The highest BCUT2D eigenvalue weighted by atomic mass is 32.2. The van der Waals surface area contributed by atoms with Crippen molar-refractivity contribution in [1.29, 1.82) is 0 Å². The van der Waals surface area contributed by atoms with E-state index in [1.54, 1.807) is 0 Å². The summed E-state index contributed by atoms with van der Waals surface area (Å²) in [5.41, 5.74) is 3.90. The van der Waals surface area contributed by atoms with Gasteiger partial charge in [-0.15, -0.1) is 0 Å². The number of likely N-dealkylation sites (N-methyl/N-ethyl adjacent to an activating group) is 1.